The van der Waals surface area contributed by atoms with Crippen LogP contribution in [0.1, 0.15) is 37.5 Å². The zero-order chi connectivity index (χ0) is 38.2. The summed E-state index contributed by atoms with van der Waals surface area (Å²) < 4.78 is 49.4. The predicted octanol–water partition coefficient (Wildman–Crippen LogP) is 6.30. The third kappa shape index (κ3) is 12.7. The summed E-state index contributed by atoms with van der Waals surface area (Å²) in [6, 6.07) is 19.3. The van der Waals surface area contributed by atoms with Crippen LogP contribution >= 0.6 is 0 Å². The van der Waals surface area contributed by atoms with Crippen LogP contribution in [-0.2, 0) is 29.1 Å². The van der Waals surface area contributed by atoms with Gasteiger partial charge in [-0.15, -0.1) is 0 Å². The lowest BCUT2D eigenvalue weighted by Gasteiger charge is -2.30. The van der Waals surface area contributed by atoms with Gasteiger partial charge in [0, 0.05) is 33.3 Å². The predicted molar refractivity (Wildman–Crippen MR) is 216 cm³/mol. The van der Waals surface area contributed by atoms with E-state index in [1.54, 1.807) is 7.11 Å². The molecule has 0 amide bonds. The standard InChI is InChI=1S/C43H63N3O8/c1-34-7-10-37-40(31-34)52-23-17-46(39-12-9-36(43(3,4)5)33-42(39)54-30-25-47-6)18-24-53-41-32-35(2)8-11-38(41)45-15-21-50-28-26-48-19-13-44(37)14-20-49-27-29-51-22-16-45/h7-12,31-33H,13-30H2,1-6H3. The Kier molecular flexibility index (Phi) is 16.4. The first-order valence-electron chi connectivity index (χ1n) is 19.5. The lowest BCUT2D eigenvalue weighted by Crippen LogP contribution is -2.34. The summed E-state index contributed by atoms with van der Waals surface area (Å²) in [7, 11) is 1.69. The van der Waals surface area contributed by atoms with Gasteiger partial charge in [-0.1, -0.05) is 39.0 Å². The highest BCUT2D eigenvalue weighted by Crippen LogP contribution is 2.36. The van der Waals surface area contributed by atoms with Crippen LogP contribution in [-0.4, -0.2) is 126 Å². The van der Waals surface area contributed by atoms with E-state index in [1.807, 2.05) is 0 Å². The van der Waals surface area contributed by atoms with E-state index in [2.05, 4.69) is 104 Å². The molecule has 0 atom stereocenters. The van der Waals surface area contributed by atoms with Crippen LogP contribution in [0.4, 0.5) is 17.1 Å². The number of rotatable bonds is 5. The Morgan fingerprint density at radius 2 is 0.944 bits per heavy atom. The summed E-state index contributed by atoms with van der Waals surface area (Å²) in [6.07, 6.45) is 0. The fourth-order valence-electron chi connectivity index (χ4n) is 6.52. The number of fused-ring (bicyclic) bond motifs is 20. The summed E-state index contributed by atoms with van der Waals surface area (Å²) in [5, 5.41) is 0. The van der Waals surface area contributed by atoms with Gasteiger partial charge in [0.1, 0.15) is 37.1 Å². The molecule has 11 heteroatoms. The molecule has 0 saturated carbocycles. The van der Waals surface area contributed by atoms with Crippen molar-refractivity contribution in [1.29, 1.82) is 0 Å². The maximum Gasteiger partial charge on any atom is 0.143 e. The Balaban J connectivity index is 1.52. The largest absolute Gasteiger partial charge is 0.490 e. The van der Waals surface area contributed by atoms with Crippen molar-refractivity contribution in [2.45, 2.75) is 40.0 Å². The maximum atomic E-state index is 6.69. The molecule has 0 radical (unpaired) electrons. The Hall–Kier alpha value is -3.74. The second-order valence-electron chi connectivity index (χ2n) is 14.8. The van der Waals surface area contributed by atoms with Crippen LogP contribution in [0.3, 0.4) is 0 Å². The van der Waals surface area contributed by atoms with Gasteiger partial charge in [0.25, 0.3) is 0 Å². The Morgan fingerprint density at radius 1 is 0.519 bits per heavy atom. The summed E-state index contributed by atoms with van der Waals surface area (Å²) in [4.78, 5) is 6.89. The molecular formula is C43H63N3O8. The number of ether oxygens (including phenoxy) is 8. The summed E-state index contributed by atoms with van der Waals surface area (Å²) in [5.74, 6) is 2.48. The van der Waals surface area contributed by atoms with Gasteiger partial charge in [0.2, 0.25) is 0 Å². The molecule has 0 spiro atoms. The molecule has 3 aromatic rings. The molecule has 3 aromatic carbocycles. The smallest absolute Gasteiger partial charge is 0.143 e. The molecule has 1 fully saturated rings. The Bertz CT molecular complexity index is 1460. The van der Waals surface area contributed by atoms with Crippen molar-refractivity contribution in [3.8, 4) is 17.2 Å². The number of aryl methyl sites for hydroxylation is 2. The lowest BCUT2D eigenvalue weighted by atomic mass is 9.87. The minimum absolute atomic E-state index is 0.0407. The normalized spacial score (nSPS) is 17.9. The first-order valence-corrected chi connectivity index (χ1v) is 19.5. The number of nitrogens with zero attached hydrogens (tertiary/aromatic N) is 3. The molecule has 1 saturated heterocycles. The molecular weight excluding hydrogens is 686 g/mol. The first kappa shape index (κ1) is 41.4. The lowest BCUT2D eigenvalue weighted by molar-refractivity contribution is 0.0435. The summed E-state index contributed by atoms with van der Waals surface area (Å²) >= 11 is 0. The number of hydrogen-bond acceptors (Lipinski definition) is 11. The van der Waals surface area contributed by atoms with Crippen molar-refractivity contribution in [2.24, 2.45) is 0 Å². The number of anilines is 3. The first-order chi connectivity index (χ1) is 26.2. The van der Waals surface area contributed by atoms with Gasteiger partial charge in [0.15, 0.2) is 0 Å². The van der Waals surface area contributed by atoms with Gasteiger partial charge in [0.05, 0.1) is 89.6 Å². The third-order valence-corrected chi connectivity index (χ3v) is 9.63. The zero-order valence-electron chi connectivity index (χ0n) is 33.5. The van der Waals surface area contributed by atoms with Crippen LogP contribution < -0.4 is 28.9 Å². The minimum Gasteiger partial charge on any atom is -0.490 e. The SMILES string of the molecule is COCCOc1cc(C(C)(C)C)ccc1N1CCOc2cc(C)ccc2N2CCOCCOCCN(CCOCCOCC2)c2ccc(C)cc2OCC1. The van der Waals surface area contributed by atoms with Crippen LogP contribution in [0.5, 0.6) is 17.2 Å². The average molecular weight is 750 g/mol. The van der Waals surface area contributed by atoms with Gasteiger partial charge in [-0.2, -0.15) is 0 Å². The van der Waals surface area contributed by atoms with Crippen molar-refractivity contribution in [3.05, 3.63) is 71.3 Å². The topological polar surface area (TPSA) is 83.6 Å². The molecule has 3 aliphatic rings. The molecule has 3 aliphatic heterocycles. The molecule has 3 heterocycles. The van der Waals surface area contributed by atoms with E-state index in [0.29, 0.717) is 119 Å². The fraction of sp³-hybridized carbons (Fsp3) is 0.581. The highest BCUT2D eigenvalue weighted by Gasteiger charge is 2.21. The van der Waals surface area contributed by atoms with Crippen molar-refractivity contribution in [1.82, 2.24) is 0 Å². The molecule has 0 unspecified atom stereocenters. The van der Waals surface area contributed by atoms with Crippen LogP contribution in [0.15, 0.2) is 54.6 Å². The monoisotopic (exact) mass is 749 g/mol. The van der Waals surface area contributed by atoms with E-state index in [-0.39, 0.29) is 5.41 Å². The van der Waals surface area contributed by atoms with Crippen LogP contribution in [0.25, 0.3) is 0 Å². The van der Waals surface area contributed by atoms with E-state index in [0.717, 1.165) is 45.4 Å². The van der Waals surface area contributed by atoms with Crippen molar-refractivity contribution in [2.75, 3.05) is 140 Å². The van der Waals surface area contributed by atoms with Gasteiger partial charge in [-0.3, -0.25) is 0 Å². The van der Waals surface area contributed by atoms with Crippen molar-refractivity contribution >= 4 is 17.1 Å². The Labute approximate surface area is 323 Å². The van der Waals surface area contributed by atoms with Gasteiger partial charge in [-0.05, 0) is 72.4 Å². The number of benzene rings is 3. The summed E-state index contributed by atoms with van der Waals surface area (Å²) in [6.45, 7) is 21.0. The van der Waals surface area contributed by atoms with Gasteiger partial charge in [-0.25, -0.2) is 0 Å². The van der Waals surface area contributed by atoms with Crippen molar-refractivity contribution in [3.63, 3.8) is 0 Å². The average Bonchev–Trinajstić information content (AvgIpc) is 3.14. The highest BCUT2D eigenvalue weighted by molar-refractivity contribution is 5.62. The molecule has 298 valence electrons. The molecule has 11 nitrogen and oxygen atoms in total. The van der Waals surface area contributed by atoms with E-state index in [9.17, 15) is 0 Å². The quantitative estimate of drug-likeness (QED) is 0.218. The summed E-state index contributed by atoms with van der Waals surface area (Å²) in [5.41, 5.74) is 6.44. The second kappa shape index (κ2) is 21.4. The maximum absolute atomic E-state index is 6.69. The molecule has 6 rings (SSSR count). The molecule has 54 heavy (non-hydrogen) atoms. The van der Waals surface area contributed by atoms with Gasteiger partial charge < -0.3 is 52.6 Å². The molecule has 0 N–H and O–H groups in total. The van der Waals surface area contributed by atoms with Crippen LogP contribution in [0, 0.1) is 13.8 Å². The van der Waals surface area contributed by atoms with E-state index in [4.69, 9.17) is 37.9 Å². The Morgan fingerprint density at radius 3 is 1.39 bits per heavy atom. The molecule has 2 bridgehead atoms. The van der Waals surface area contributed by atoms with Crippen LogP contribution in [0.2, 0.25) is 0 Å². The van der Waals surface area contributed by atoms with E-state index < -0.39 is 0 Å². The number of hydrogen-bond donors (Lipinski definition) is 0. The number of methoxy groups -OCH3 is 1. The van der Waals surface area contributed by atoms with E-state index in [1.165, 1.54) is 5.56 Å². The minimum atomic E-state index is -0.0407. The molecule has 0 aromatic heterocycles. The van der Waals surface area contributed by atoms with E-state index >= 15 is 0 Å². The van der Waals surface area contributed by atoms with Gasteiger partial charge >= 0.3 is 0 Å². The third-order valence-electron chi connectivity index (χ3n) is 9.63. The highest BCUT2D eigenvalue weighted by atomic mass is 16.5. The molecule has 0 aliphatic carbocycles. The fourth-order valence-corrected chi connectivity index (χ4v) is 6.52. The second-order valence-corrected chi connectivity index (χ2v) is 14.8. The van der Waals surface area contributed by atoms with Crippen molar-refractivity contribution < 1.29 is 37.9 Å². The zero-order valence-corrected chi connectivity index (χ0v) is 33.5.